The van der Waals surface area contributed by atoms with Crippen molar-refractivity contribution < 1.29 is 0 Å². The average molecular weight is 302 g/mol. The molecule has 0 aromatic carbocycles. The van der Waals surface area contributed by atoms with Crippen LogP contribution in [0.4, 0.5) is 0 Å². The van der Waals surface area contributed by atoms with Crippen molar-refractivity contribution >= 4 is 11.6 Å². The normalized spacial score (nSPS) is 37.5. The van der Waals surface area contributed by atoms with Crippen LogP contribution in [0.5, 0.6) is 0 Å². The lowest BCUT2D eigenvalue weighted by atomic mass is 9.51. The first-order valence-electron chi connectivity index (χ1n) is 8.19. The van der Waals surface area contributed by atoms with Crippen molar-refractivity contribution in [3.8, 4) is 11.4 Å². The zero-order chi connectivity index (χ0) is 14.1. The van der Waals surface area contributed by atoms with E-state index in [2.05, 4.69) is 21.1 Å². The molecule has 0 unspecified atom stereocenters. The number of aromatic nitrogens is 3. The molecule has 6 rings (SSSR count). The predicted molar refractivity (Wildman–Crippen MR) is 82.5 cm³/mol. The van der Waals surface area contributed by atoms with E-state index in [4.69, 9.17) is 11.6 Å². The van der Waals surface area contributed by atoms with Gasteiger partial charge in [-0.2, -0.15) is 0 Å². The summed E-state index contributed by atoms with van der Waals surface area (Å²) in [6, 6.07) is 0. The van der Waals surface area contributed by atoms with Crippen LogP contribution in [0.2, 0.25) is 5.15 Å². The lowest BCUT2D eigenvalue weighted by Crippen LogP contribution is -2.43. The van der Waals surface area contributed by atoms with Gasteiger partial charge in [0.15, 0.2) is 5.15 Å². The minimum atomic E-state index is 0.538. The molecular weight excluding hydrogens is 282 g/mol. The summed E-state index contributed by atoms with van der Waals surface area (Å²) in [6.45, 7) is 1.97. The maximum absolute atomic E-state index is 6.27. The molecule has 0 spiro atoms. The molecule has 0 radical (unpaired) electrons. The molecule has 21 heavy (non-hydrogen) atoms. The van der Waals surface area contributed by atoms with Gasteiger partial charge in [0.2, 0.25) is 0 Å². The zero-order valence-corrected chi connectivity index (χ0v) is 13.0. The second kappa shape index (κ2) is 4.22. The van der Waals surface area contributed by atoms with Gasteiger partial charge in [-0.25, -0.2) is 4.98 Å². The third kappa shape index (κ3) is 1.73. The zero-order valence-electron chi connectivity index (χ0n) is 12.3. The molecule has 4 saturated carbocycles. The van der Waals surface area contributed by atoms with Crippen molar-refractivity contribution in [3.63, 3.8) is 0 Å². The molecule has 0 saturated heterocycles. The lowest BCUT2D eigenvalue weighted by Gasteiger charge is -2.54. The van der Waals surface area contributed by atoms with Crippen molar-refractivity contribution in [2.45, 2.75) is 44.9 Å². The Morgan fingerprint density at radius 1 is 1.10 bits per heavy atom. The molecule has 1 N–H and O–H groups in total. The molecule has 0 aromatic heterocycles. The van der Waals surface area contributed by atoms with Gasteiger partial charge in [-0.3, -0.25) is 4.98 Å². The number of halogens is 1. The largest absolute Gasteiger partial charge is 0.342 e. The standard InChI is InChI=1S/C17H20ClN3/c1-8-20-15-13(7-19-16(15)17(18)21-8)14-11-3-9-2-10(5-11)6-12(14)4-9/h7,9-12,14H,2-6H2,1H3,(H,20,21). The molecule has 2 aliphatic heterocycles. The molecule has 4 heteroatoms. The fourth-order valence-electron chi connectivity index (χ4n) is 5.78. The van der Waals surface area contributed by atoms with Crippen LogP contribution in [0.15, 0.2) is 6.20 Å². The third-order valence-corrected chi connectivity index (χ3v) is 6.47. The van der Waals surface area contributed by atoms with Gasteiger partial charge >= 0.3 is 0 Å². The van der Waals surface area contributed by atoms with Crippen LogP contribution >= 0.6 is 11.6 Å². The number of H-pyrrole nitrogens is 1. The van der Waals surface area contributed by atoms with Crippen LogP contribution in [-0.2, 0) is 0 Å². The topological polar surface area (TPSA) is 41.6 Å². The van der Waals surface area contributed by atoms with Gasteiger partial charge in [-0.1, -0.05) is 11.6 Å². The van der Waals surface area contributed by atoms with Gasteiger partial charge < -0.3 is 4.98 Å². The molecule has 0 atom stereocenters. The molecule has 3 nitrogen and oxygen atoms in total. The summed E-state index contributed by atoms with van der Waals surface area (Å²) in [4.78, 5) is 12.3. The Balaban J connectivity index is 1.61. The minimum absolute atomic E-state index is 0.538. The Hall–Kier alpha value is -1.09. The van der Waals surface area contributed by atoms with E-state index >= 15 is 0 Å². The number of nitrogens with one attached hydrogen (secondary N) is 1. The Bertz CT molecular complexity index is 649. The third-order valence-electron chi connectivity index (χ3n) is 6.21. The molecule has 0 aromatic rings. The number of nitrogens with zero attached hydrogens (tertiary/aromatic N) is 2. The summed E-state index contributed by atoms with van der Waals surface area (Å²) < 4.78 is 0. The number of fused-ring (bicyclic) bond motifs is 1. The molecule has 4 fully saturated rings. The van der Waals surface area contributed by atoms with Gasteiger partial charge in [0, 0.05) is 6.20 Å². The van der Waals surface area contributed by atoms with E-state index < -0.39 is 0 Å². The van der Waals surface area contributed by atoms with Crippen molar-refractivity contribution in [2.24, 2.45) is 23.7 Å². The summed E-state index contributed by atoms with van der Waals surface area (Å²) in [5.74, 6) is 5.33. The van der Waals surface area contributed by atoms with E-state index in [9.17, 15) is 0 Å². The fourth-order valence-corrected chi connectivity index (χ4v) is 6.05. The number of hydrogen-bond acceptors (Lipinski definition) is 2. The maximum Gasteiger partial charge on any atom is 0.158 e. The van der Waals surface area contributed by atoms with Gasteiger partial charge in [0.05, 0.1) is 5.69 Å². The van der Waals surface area contributed by atoms with E-state index in [0.29, 0.717) is 11.1 Å². The summed E-state index contributed by atoms with van der Waals surface area (Å²) >= 11 is 6.27. The SMILES string of the molecule is Cc1nc(Cl)c2ncc(C3C4CC5CC(C4)CC3C5)c-2[nH]1. The molecule has 2 heterocycles. The number of aromatic amines is 1. The molecule has 4 aliphatic carbocycles. The highest BCUT2D eigenvalue weighted by atomic mass is 35.5. The Kier molecular flexibility index (Phi) is 2.50. The van der Waals surface area contributed by atoms with Crippen LogP contribution in [0.1, 0.15) is 49.4 Å². The molecular formula is C17H20ClN3. The van der Waals surface area contributed by atoms with Gasteiger partial charge in [-0.15, -0.1) is 0 Å². The van der Waals surface area contributed by atoms with E-state index in [-0.39, 0.29) is 0 Å². The maximum atomic E-state index is 6.27. The summed E-state index contributed by atoms with van der Waals surface area (Å²) in [7, 11) is 0. The molecule has 0 amide bonds. The van der Waals surface area contributed by atoms with E-state index in [1.807, 2.05) is 6.92 Å². The van der Waals surface area contributed by atoms with Crippen molar-refractivity contribution in [3.05, 3.63) is 22.7 Å². The highest BCUT2D eigenvalue weighted by Crippen LogP contribution is 2.60. The fraction of sp³-hybridized carbons (Fsp3) is 0.647. The highest BCUT2D eigenvalue weighted by Gasteiger charge is 2.49. The lowest BCUT2D eigenvalue weighted by molar-refractivity contribution is -0.00263. The van der Waals surface area contributed by atoms with Crippen LogP contribution < -0.4 is 0 Å². The molecule has 6 aliphatic rings. The van der Waals surface area contributed by atoms with Crippen LogP contribution in [-0.4, -0.2) is 15.0 Å². The smallest absolute Gasteiger partial charge is 0.158 e. The van der Waals surface area contributed by atoms with Gasteiger partial charge in [0.25, 0.3) is 0 Å². The molecule has 4 bridgehead atoms. The first-order valence-corrected chi connectivity index (χ1v) is 8.57. The predicted octanol–water partition coefficient (Wildman–Crippen LogP) is 4.41. The van der Waals surface area contributed by atoms with Crippen LogP contribution in [0.25, 0.3) is 11.4 Å². The summed E-state index contributed by atoms with van der Waals surface area (Å²) in [5.41, 5.74) is 3.40. The second-order valence-corrected chi connectivity index (χ2v) is 7.86. The van der Waals surface area contributed by atoms with Crippen molar-refractivity contribution in [2.75, 3.05) is 0 Å². The summed E-state index contributed by atoms with van der Waals surface area (Å²) in [5, 5.41) is 0.538. The first kappa shape index (κ1) is 12.5. The number of hydrogen-bond donors (Lipinski definition) is 1. The van der Waals surface area contributed by atoms with Crippen molar-refractivity contribution in [1.29, 1.82) is 0 Å². The second-order valence-electron chi connectivity index (χ2n) is 7.51. The Morgan fingerprint density at radius 3 is 2.43 bits per heavy atom. The van der Waals surface area contributed by atoms with E-state index in [1.54, 1.807) is 0 Å². The van der Waals surface area contributed by atoms with Crippen LogP contribution in [0, 0.1) is 30.6 Å². The Labute approximate surface area is 129 Å². The first-order chi connectivity index (χ1) is 10.2. The highest BCUT2D eigenvalue weighted by molar-refractivity contribution is 6.31. The Morgan fingerprint density at radius 2 is 1.76 bits per heavy atom. The summed E-state index contributed by atoms with van der Waals surface area (Å²) in [6.07, 6.45) is 9.30. The average Bonchev–Trinajstić information content (AvgIpc) is 2.81. The van der Waals surface area contributed by atoms with E-state index in [0.717, 1.165) is 40.9 Å². The van der Waals surface area contributed by atoms with Gasteiger partial charge in [0.1, 0.15) is 11.5 Å². The monoisotopic (exact) mass is 301 g/mol. The van der Waals surface area contributed by atoms with Gasteiger partial charge in [-0.05, 0) is 74.2 Å². The number of aryl methyl sites for hydroxylation is 1. The number of rotatable bonds is 1. The quantitative estimate of drug-likeness (QED) is 0.793. The molecule has 110 valence electrons. The van der Waals surface area contributed by atoms with E-state index in [1.165, 1.54) is 37.7 Å². The minimum Gasteiger partial charge on any atom is -0.342 e. The van der Waals surface area contributed by atoms with Crippen LogP contribution in [0.3, 0.4) is 0 Å². The van der Waals surface area contributed by atoms with Crippen molar-refractivity contribution in [1.82, 2.24) is 15.0 Å².